The van der Waals surface area contributed by atoms with Crippen molar-refractivity contribution in [2.75, 3.05) is 13.2 Å². The van der Waals surface area contributed by atoms with Crippen LogP contribution in [0.15, 0.2) is 71.3 Å². The third-order valence-corrected chi connectivity index (χ3v) is 5.76. The Balaban J connectivity index is 1.21. The molecule has 0 spiro atoms. The van der Waals surface area contributed by atoms with Crippen LogP contribution in [0, 0.1) is 5.82 Å². The summed E-state index contributed by atoms with van der Waals surface area (Å²) >= 11 is 0. The standard InChI is InChI=1S/C25H23FN2O4/c26-17-8-9-21-23(12-17)32-28-24(21)16-5-3-6-19(10-16)31-14-18(29)13-27-25-20-7-2-1-4-15(20)11-22(25)30/h1-10,12,18,22,25,27,29-30H,11,13-14H2/t18-,22-,25+/m1/s1. The van der Waals surface area contributed by atoms with Gasteiger partial charge < -0.3 is 24.8 Å². The zero-order valence-corrected chi connectivity index (χ0v) is 17.2. The lowest BCUT2D eigenvalue weighted by atomic mass is 10.1. The highest BCUT2D eigenvalue weighted by molar-refractivity contribution is 5.91. The maximum absolute atomic E-state index is 13.4. The SMILES string of the molecule is O[C@H](CN[C@H]1c2ccccc2C[C@H]1O)COc1cccc(-c2noc3cc(F)ccc23)c1. The van der Waals surface area contributed by atoms with Gasteiger partial charge >= 0.3 is 0 Å². The third kappa shape index (κ3) is 4.10. The van der Waals surface area contributed by atoms with E-state index in [2.05, 4.69) is 10.5 Å². The lowest BCUT2D eigenvalue weighted by molar-refractivity contribution is 0.0890. The van der Waals surface area contributed by atoms with Crippen LogP contribution in [0.1, 0.15) is 17.2 Å². The van der Waals surface area contributed by atoms with E-state index in [1.807, 2.05) is 36.4 Å². The summed E-state index contributed by atoms with van der Waals surface area (Å²) in [5.41, 5.74) is 3.94. The summed E-state index contributed by atoms with van der Waals surface area (Å²) in [4.78, 5) is 0. The van der Waals surface area contributed by atoms with E-state index < -0.39 is 12.2 Å². The Hall–Kier alpha value is -3.26. The van der Waals surface area contributed by atoms with E-state index >= 15 is 0 Å². The summed E-state index contributed by atoms with van der Waals surface area (Å²) < 4.78 is 24.4. The van der Waals surface area contributed by atoms with Crippen LogP contribution in [0.2, 0.25) is 0 Å². The van der Waals surface area contributed by atoms with Crippen molar-refractivity contribution in [2.45, 2.75) is 24.7 Å². The number of halogens is 1. The number of benzene rings is 3. The van der Waals surface area contributed by atoms with Crippen LogP contribution in [0.4, 0.5) is 4.39 Å². The normalized spacial score (nSPS) is 18.6. The van der Waals surface area contributed by atoms with Gasteiger partial charge in [-0.15, -0.1) is 0 Å². The van der Waals surface area contributed by atoms with Crippen molar-refractivity contribution in [3.8, 4) is 17.0 Å². The molecule has 6 nitrogen and oxygen atoms in total. The quantitative estimate of drug-likeness (QED) is 0.412. The Morgan fingerprint density at radius 3 is 2.91 bits per heavy atom. The zero-order chi connectivity index (χ0) is 22.1. The van der Waals surface area contributed by atoms with Gasteiger partial charge in [0.05, 0.1) is 12.1 Å². The lowest BCUT2D eigenvalue weighted by Crippen LogP contribution is -2.37. The average molecular weight is 434 g/mol. The molecule has 1 aliphatic rings. The van der Waals surface area contributed by atoms with E-state index in [9.17, 15) is 14.6 Å². The second kappa shape index (κ2) is 8.70. The zero-order valence-electron chi connectivity index (χ0n) is 17.2. The third-order valence-electron chi connectivity index (χ3n) is 5.76. The highest BCUT2D eigenvalue weighted by Crippen LogP contribution is 2.32. The molecule has 0 bridgehead atoms. The Bertz CT molecular complexity index is 1240. The number of aliphatic hydroxyl groups is 2. The number of hydrogen-bond donors (Lipinski definition) is 3. The van der Waals surface area contributed by atoms with Gasteiger partial charge in [-0.3, -0.25) is 0 Å². The first-order valence-corrected chi connectivity index (χ1v) is 10.5. The van der Waals surface area contributed by atoms with Gasteiger partial charge in [-0.05, 0) is 35.4 Å². The molecule has 0 saturated heterocycles. The first kappa shape index (κ1) is 20.6. The van der Waals surface area contributed by atoms with Crippen LogP contribution in [0.3, 0.4) is 0 Å². The number of ether oxygens (including phenoxy) is 1. The highest BCUT2D eigenvalue weighted by atomic mass is 19.1. The van der Waals surface area contributed by atoms with Gasteiger partial charge in [-0.25, -0.2) is 4.39 Å². The number of hydrogen-bond acceptors (Lipinski definition) is 6. The maximum Gasteiger partial charge on any atom is 0.170 e. The van der Waals surface area contributed by atoms with Crippen LogP contribution < -0.4 is 10.1 Å². The number of nitrogens with one attached hydrogen (secondary N) is 1. The van der Waals surface area contributed by atoms with Crippen molar-refractivity contribution in [1.29, 1.82) is 0 Å². The van der Waals surface area contributed by atoms with Crippen molar-refractivity contribution in [1.82, 2.24) is 10.5 Å². The minimum absolute atomic E-state index is 0.0890. The van der Waals surface area contributed by atoms with E-state index in [0.717, 1.165) is 16.7 Å². The van der Waals surface area contributed by atoms with Gasteiger partial charge in [-0.1, -0.05) is 41.6 Å². The molecule has 1 aromatic heterocycles. The molecule has 0 fully saturated rings. The smallest absolute Gasteiger partial charge is 0.170 e. The summed E-state index contributed by atoms with van der Waals surface area (Å²) in [5, 5.41) is 28.7. The first-order valence-electron chi connectivity index (χ1n) is 10.5. The number of fused-ring (bicyclic) bond motifs is 2. The molecule has 0 saturated carbocycles. The molecule has 4 aromatic rings. The van der Waals surface area contributed by atoms with Gasteiger partial charge in [0.2, 0.25) is 0 Å². The molecule has 164 valence electrons. The molecule has 3 N–H and O–H groups in total. The molecule has 7 heteroatoms. The Morgan fingerprint density at radius 1 is 1.12 bits per heavy atom. The molecule has 1 aliphatic carbocycles. The maximum atomic E-state index is 13.4. The monoisotopic (exact) mass is 434 g/mol. The predicted molar refractivity (Wildman–Crippen MR) is 118 cm³/mol. The Labute approximate surface area is 184 Å². The first-order chi connectivity index (χ1) is 15.6. The fourth-order valence-electron chi connectivity index (χ4n) is 4.19. The van der Waals surface area contributed by atoms with E-state index in [-0.39, 0.29) is 25.0 Å². The van der Waals surface area contributed by atoms with Crippen LogP contribution in [0.5, 0.6) is 5.75 Å². The van der Waals surface area contributed by atoms with E-state index in [1.54, 1.807) is 18.2 Å². The molecule has 5 rings (SSSR count). The van der Waals surface area contributed by atoms with Crippen LogP contribution in [-0.2, 0) is 6.42 Å². The second-order valence-corrected chi connectivity index (χ2v) is 8.02. The number of rotatable bonds is 7. The van der Waals surface area contributed by atoms with Gasteiger partial charge in [-0.2, -0.15) is 0 Å². The average Bonchev–Trinajstić information content (AvgIpc) is 3.36. The van der Waals surface area contributed by atoms with Crippen LogP contribution in [0.25, 0.3) is 22.2 Å². The summed E-state index contributed by atoms with van der Waals surface area (Å²) in [7, 11) is 0. The summed E-state index contributed by atoms with van der Waals surface area (Å²) in [6.07, 6.45) is -0.659. The number of nitrogens with zero attached hydrogens (tertiary/aromatic N) is 1. The van der Waals surface area contributed by atoms with Crippen molar-refractivity contribution in [2.24, 2.45) is 0 Å². The molecule has 3 atom stereocenters. The highest BCUT2D eigenvalue weighted by Gasteiger charge is 2.30. The fourth-order valence-corrected chi connectivity index (χ4v) is 4.19. The van der Waals surface area contributed by atoms with Gasteiger partial charge in [0.25, 0.3) is 0 Å². The molecule has 0 unspecified atom stereocenters. The van der Waals surface area contributed by atoms with Crippen molar-refractivity contribution in [3.63, 3.8) is 0 Å². The minimum Gasteiger partial charge on any atom is -0.491 e. The molecular formula is C25H23FN2O4. The van der Waals surface area contributed by atoms with Gasteiger partial charge in [0, 0.05) is 30.0 Å². The molecule has 3 aromatic carbocycles. The molecule has 0 aliphatic heterocycles. The fraction of sp³-hybridized carbons (Fsp3) is 0.240. The van der Waals surface area contributed by atoms with Crippen molar-refractivity contribution in [3.05, 3.63) is 83.7 Å². The summed E-state index contributed by atoms with van der Waals surface area (Å²) in [5.74, 6) is 0.194. The van der Waals surface area contributed by atoms with E-state index in [1.165, 1.54) is 12.1 Å². The molecule has 32 heavy (non-hydrogen) atoms. The van der Waals surface area contributed by atoms with Gasteiger partial charge in [0.1, 0.15) is 30.0 Å². The van der Waals surface area contributed by atoms with E-state index in [0.29, 0.717) is 28.8 Å². The second-order valence-electron chi connectivity index (χ2n) is 8.02. The van der Waals surface area contributed by atoms with Crippen molar-refractivity contribution < 1.29 is 23.9 Å². The number of aliphatic hydroxyl groups excluding tert-OH is 2. The summed E-state index contributed by atoms with van der Waals surface area (Å²) in [6, 6.07) is 19.3. The molecular weight excluding hydrogens is 411 g/mol. The number of aromatic nitrogens is 1. The van der Waals surface area contributed by atoms with Crippen LogP contribution >= 0.6 is 0 Å². The van der Waals surface area contributed by atoms with Crippen LogP contribution in [-0.4, -0.2) is 40.7 Å². The molecule has 1 heterocycles. The van der Waals surface area contributed by atoms with Gasteiger partial charge in [0.15, 0.2) is 5.58 Å². The van der Waals surface area contributed by atoms with E-state index in [4.69, 9.17) is 9.26 Å². The molecule has 0 amide bonds. The minimum atomic E-state index is -0.755. The van der Waals surface area contributed by atoms with Crippen molar-refractivity contribution >= 4 is 11.0 Å². The lowest BCUT2D eigenvalue weighted by Gasteiger charge is -2.20. The topological polar surface area (TPSA) is 87.8 Å². The Morgan fingerprint density at radius 2 is 2.00 bits per heavy atom. The summed E-state index contributed by atoms with van der Waals surface area (Å²) in [6.45, 7) is 0.376. The largest absolute Gasteiger partial charge is 0.491 e. The predicted octanol–water partition coefficient (Wildman–Crippen LogP) is 3.62. The molecule has 0 radical (unpaired) electrons. The Kier molecular flexibility index (Phi) is 5.61.